The normalized spacial score (nSPS) is 16.8. The van der Waals surface area contributed by atoms with Crippen molar-refractivity contribution < 1.29 is 4.79 Å². The van der Waals surface area contributed by atoms with Gasteiger partial charge < -0.3 is 10.6 Å². The topological polar surface area (TPSA) is 80.3 Å². The van der Waals surface area contributed by atoms with Crippen molar-refractivity contribution in [3.63, 3.8) is 0 Å². The molecule has 7 nitrogen and oxygen atoms in total. The zero-order chi connectivity index (χ0) is 18.5. The van der Waals surface area contributed by atoms with Crippen LogP contribution in [0.4, 0.5) is 0 Å². The van der Waals surface area contributed by atoms with Crippen LogP contribution in [0.3, 0.4) is 0 Å². The molecule has 1 amide bonds. The number of nitrogens with zero attached hydrogens (tertiary/aromatic N) is 5. The van der Waals surface area contributed by atoms with Gasteiger partial charge in [-0.3, -0.25) is 9.69 Å². The number of carbonyl (C=O) groups excluding carboxylic acids is 1. The maximum Gasteiger partial charge on any atom is 0.236 e. The van der Waals surface area contributed by atoms with Gasteiger partial charge in [-0.2, -0.15) is 0 Å². The Balaban J connectivity index is 1.56. The summed E-state index contributed by atoms with van der Waals surface area (Å²) in [6.45, 7) is 4.51. The van der Waals surface area contributed by atoms with Crippen LogP contribution in [0.25, 0.3) is 0 Å². The number of likely N-dealkylation sites (tertiary alicyclic amines) is 1. The molecule has 2 N–H and O–H groups in total. The molecule has 0 aliphatic carbocycles. The molecule has 0 radical (unpaired) electrons. The van der Waals surface area contributed by atoms with Gasteiger partial charge in [0.1, 0.15) is 0 Å². The van der Waals surface area contributed by atoms with Gasteiger partial charge in [-0.25, -0.2) is 4.68 Å². The fourth-order valence-corrected chi connectivity index (χ4v) is 3.45. The molecule has 0 bridgehead atoms. The molecular weight excluding hydrogens is 328 g/mol. The molecule has 1 aliphatic rings. The predicted molar refractivity (Wildman–Crippen MR) is 100 cm³/mol. The molecule has 140 valence electrons. The minimum Gasteiger partial charge on any atom is -0.341 e. The van der Waals surface area contributed by atoms with Crippen molar-refractivity contribution in [3.8, 4) is 0 Å². The van der Waals surface area contributed by atoms with Crippen LogP contribution in [0.1, 0.15) is 43.1 Å². The van der Waals surface area contributed by atoms with Gasteiger partial charge in [0.05, 0.1) is 24.5 Å². The predicted octanol–water partition coefficient (Wildman–Crippen LogP) is 1.59. The highest BCUT2D eigenvalue weighted by Crippen LogP contribution is 2.23. The summed E-state index contributed by atoms with van der Waals surface area (Å²) in [4.78, 5) is 15.8. The first-order chi connectivity index (χ1) is 12.6. The molecule has 0 unspecified atom stereocenters. The first kappa shape index (κ1) is 18.5. The summed E-state index contributed by atoms with van der Waals surface area (Å²) in [5.41, 5.74) is 7.70. The summed E-state index contributed by atoms with van der Waals surface area (Å²) in [6, 6.07) is 11.1. The number of piperidine rings is 1. The number of aromatic nitrogens is 3. The number of amides is 1. The maximum atomic E-state index is 11.7. The smallest absolute Gasteiger partial charge is 0.236 e. The highest BCUT2D eigenvalue weighted by molar-refractivity contribution is 5.78. The van der Waals surface area contributed by atoms with Crippen LogP contribution in [-0.4, -0.2) is 57.4 Å². The van der Waals surface area contributed by atoms with Crippen LogP contribution < -0.4 is 5.73 Å². The van der Waals surface area contributed by atoms with Crippen molar-refractivity contribution in [3.05, 3.63) is 47.8 Å². The van der Waals surface area contributed by atoms with E-state index in [4.69, 9.17) is 5.73 Å². The highest BCUT2D eigenvalue weighted by atomic mass is 16.2. The van der Waals surface area contributed by atoms with Gasteiger partial charge in [0, 0.05) is 25.7 Å². The Kier molecular flexibility index (Phi) is 6.00. The maximum absolute atomic E-state index is 11.7. The first-order valence-electron chi connectivity index (χ1n) is 9.22. The molecule has 0 spiro atoms. The minimum atomic E-state index is 0.0271. The lowest BCUT2D eigenvalue weighted by Crippen LogP contribution is -2.42. The summed E-state index contributed by atoms with van der Waals surface area (Å²) < 4.78 is 1.96. The van der Waals surface area contributed by atoms with Crippen LogP contribution in [0.2, 0.25) is 0 Å². The molecule has 0 saturated carbocycles. The molecule has 26 heavy (non-hydrogen) atoms. The van der Waals surface area contributed by atoms with Crippen molar-refractivity contribution in [2.45, 2.75) is 38.4 Å². The fraction of sp³-hybridized carbons (Fsp3) is 0.526. The van der Waals surface area contributed by atoms with E-state index in [0.717, 1.165) is 38.2 Å². The third kappa shape index (κ3) is 4.28. The Morgan fingerprint density at radius 3 is 2.65 bits per heavy atom. The van der Waals surface area contributed by atoms with Crippen molar-refractivity contribution >= 4 is 5.91 Å². The summed E-state index contributed by atoms with van der Waals surface area (Å²) in [5, 5.41) is 8.68. The summed E-state index contributed by atoms with van der Waals surface area (Å²) >= 11 is 0. The van der Waals surface area contributed by atoms with Gasteiger partial charge in [0.15, 0.2) is 0 Å². The Morgan fingerprint density at radius 2 is 2.00 bits per heavy atom. The molecule has 1 saturated heterocycles. The summed E-state index contributed by atoms with van der Waals surface area (Å²) in [5.74, 6) is 0.0271. The van der Waals surface area contributed by atoms with Crippen LogP contribution in [0.5, 0.6) is 0 Å². The van der Waals surface area contributed by atoms with E-state index >= 15 is 0 Å². The van der Waals surface area contributed by atoms with Gasteiger partial charge in [-0.1, -0.05) is 35.5 Å². The molecule has 2 heterocycles. The van der Waals surface area contributed by atoms with Crippen LogP contribution >= 0.6 is 0 Å². The lowest BCUT2D eigenvalue weighted by molar-refractivity contribution is -0.130. The molecule has 1 atom stereocenters. The van der Waals surface area contributed by atoms with E-state index in [1.807, 2.05) is 21.8 Å². The molecule has 1 aromatic carbocycles. The molecule has 1 fully saturated rings. The van der Waals surface area contributed by atoms with E-state index < -0.39 is 0 Å². The number of carbonyl (C=O) groups is 1. The highest BCUT2D eigenvalue weighted by Gasteiger charge is 2.24. The van der Waals surface area contributed by atoms with E-state index in [9.17, 15) is 4.79 Å². The average molecular weight is 356 g/mol. The first-order valence-corrected chi connectivity index (χ1v) is 9.22. The Bertz CT molecular complexity index is 708. The molecule has 1 aliphatic heterocycles. The number of hydrogen-bond donors (Lipinski definition) is 1. The quantitative estimate of drug-likeness (QED) is 0.850. The molecule has 2 aromatic rings. The van der Waals surface area contributed by atoms with Crippen molar-refractivity contribution in [1.82, 2.24) is 24.8 Å². The standard InChI is InChI=1S/C19H28N6O/c1-15(16-6-4-3-5-7-16)23(2)13-17-14-25(22-21-17)18-8-10-24(11-9-18)19(26)12-20/h3-7,14-15,18H,8-13,20H2,1-2H3/t15-/m0/s1. The zero-order valence-corrected chi connectivity index (χ0v) is 15.6. The Hall–Kier alpha value is -2.25. The number of benzene rings is 1. The zero-order valence-electron chi connectivity index (χ0n) is 15.6. The number of rotatable bonds is 6. The monoisotopic (exact) mass is 356 g/mol. The summed E-state index contributed by atoms with van der Waals surface area (Å²) in [7, 11) is 2.10. The number of hydrogen-bond acceptors (Lipinski definition) is 5. The van der Waals surface area contributed by atoms with Crippen LogP contribution in [-0.2, 0) is 11.3 Å². The van der Waals surface area contributed by atoms with Gasteiger partial charge >= 0.3 is 0 Å². The van der Waals surface area contributed by atoms with E-state index in [-0.39, 0.29) is 12.5 Å². The Morgan fingerprint density at radius 1 is 1.31 bits per heavy atom. The van der Waals surface area contributed by atoms with E-state index in [1.165, 1.54) is 5.56 Å². The second-order valence-corrected chi connectivity index (χ2v) is 7.01. The molecular formula is C19H28N6O. The fourth-order valence-electron chi connectivity index (χ4n) is 3.45. The van der Waals surface area contributed by atoms with Crippen molar-refractivity contribution in [2.75, 3.05) is 26.7 Å². The van der Waals surface area contributed by atoms with E-state index in [0.29, 0.717) is 12.1 Å². The second-order valence-electron chi connectivity index (χ2n) is 7.01. The Labute approximate surface area is 154 Å². The van der Waals surface area contributed by atoms with Crippen molar-refractivity contribution in [1.29, 1.82) is 0 Å². The van der Waals surface area contributed by atoms with E-state index in [2.05, 4.69) is 53.4 Å². The number of nitrogens with two attached hydrogens (primary N) is 1. The van der Waals surface area contributed by atoms with Gasteiger partial charge in [-0.05, 0) is 32.4 Å². The lowest BCUT2D eigenvalue weighted by Gasteiger charge is -2.31. The van der Waals surface area contributed by atoms with Crippen LogP contribution in [0, 0.1) is 0 Å². The third-order valence-electron chi connectivity index (χ3n) is 5.28. The van der Waals surface area contributed by atoms with Gasteiger partial charge in [-0.15, -0.1) is 5.10 Å². The summed E-state index contributed by atoms with van der Waals surface area (Å²) in [6.07, 6.45) is 3.83. The van der Waals surface area contributed by atoms with Gasteiger partial charge in [0.25, 0.3) is 0 Å². The lowest BCUT2D eigenvalue weighted by atomic mass is 10.1. The SMILES string of the molecule is C[C@@H](c1ccccc1)N(C)Cc1cn(C2CCN(C(=O)CN)CC2)nn1. The average Bonchev–Trinajstić information content (AvgIpc) is 3.16. The van der Waals surface area contributed by atoms with Gasteiger partial charge in [0.2, 0.25) is 5.91 Å². The third-order valence-corrected chi connectivity index (χ3v) is 5.28. The minimum absolute atomic E-state index is 0.0271. The molecule has 7 heteroatoms. The van der Waals surface area contributed by atoms with E-state index in [1.54, 1.807) is 0 Å². The van der Waals surface area contributed by atoms with Crippen LogP contribution in [0.15, 0.2) is 36.5 Å². The largest absolute Gasteiger partial charge is 0.341 e. The second kappa shape index (κ2) is 8.42. The molecule has 1 aromatic heterocycles. The van der Waals surface area contributed by atoms with Crippen molar-refractivity contribution in [2.24, 2.45) is 5.73 Å². The molecule has 3 rings (SSSR count).